The van der Waals surface area contributed by atoms with Gasteiger partial charge in [-0.25, -0.2) is 9.59 Å². The maximum atomic E-state index is 10.2. The van der Waals surface area contributed by atoms with E-state index in [4.69, 9.17) is 10.2 Å². The van der Waals surface area contributed by atoms with Crippen molar-refractivity contribution >= 4 is 11.9 Å². The van der Waals surface area contributed by atoms with Gasteiger partial charge >= 0.3 is 11.9 Å². The largest absolute Gasteiger partial charge is 0.478 e. The van der Waals surface area contributed by atoms with Crippen LogP contribution in [0.15, 0.2) is 60.7 Å². The molecule has 2 rings (SSSR count). The molecule has 0 aromatic heterocycles. The average Bonchev–Trinajstić information content (AvgIpc) is 2.74. The van der Waals surface area contributed by atoms with Crippen molar-refractivity contribution in [2.75, 3.05) is 0 Å². The fourth-order valence-corrected chi connectivity index (χ4v) is 2.33. The molecule has 6 heteroatoms. The third kappa shape index (κ3) is 11.0. The van der Waals surface area contributed by atoms with Crippen LogP contribution in [0, 0.1) is 0 Å². The summed E-state index contributed by atoms with van der Waals surface area (Å²) in [6.45, 7) is 5.64. The lowest BCUT2D eigenvalue weighted by Crippen LogP contribution is -2.39. The molecule has 2 atom stereocenters. The summed E-state index contributed by atoms with van der Waals surface area (Å²) in [5.41, 5.74) is -0.189. The van der Waals surface area contributed by atoms with Crippen LogP contribution in [-0.4, -0.2) is 44.1 Å². The van der Waals surface area contributed by atoms with Crippen LogP contribution in [-0.2, 0) is 0 Å². The van der Waals surface area contributed by atoms with Crippen LogP contribution in [0.4, 0.5) is 0 Å². The van der Waals surface area contributed by atoms with Gasteiger partial charge in [-0.1, -0.05) is 63.1 Å². The second-order valence-corrected chi connectivity index (χ2v) is 6.58. The van der Waals surface area contributed by atoms with E-state index in [9.17, 15) is 19.8 Å². The molecule has 0 aliphatic heterocycles. The quantitative estimate of drug-likeness (QED) is 0.541. The average molecular weight is 405 g/mol. The van der Waals surface area contributed by atoms with Crippen LogP contribution < -0.4 is 0 Å². The third-order valence-corrected chi connectivity index (χ3v) is 4.39. The highest BCUT2D eigenvalue weighted by atomic mass is 16.4. The molecule has 0 aliphatic carbocycles. The molecular formula is C23H32O6. The summed E-state index contributed by atoms with van der Waals surface area (Å²) in [4.78, 5) is 20.4. The van der Waals surface area contributed by atoms with Gasteiger partial charge in [0, 0.05) is 0 Å². The van der Waals surface area contributed by atoms with E-state index in [0.717, 1.165) is 12.8 Å². The van der Waals surface area contributed by atoms with Gasteiger partial charge in [0.05, 0.1) is 22.8 Å². The third-order valence-electron chi connectivity index (χ3n) is 4.39. The number of benzene rings is 2. The number of carboxylic acid groups (broad SMARTS) is 2. The van der Waals surface area contributed by atoms with E-state index in [1.165, 1.54) is 0 Å². The van der Waals surface area contributed by atoms with E-state index in [2.05, 4.69) is 6.92 Å². The summed E-state index contributed by atoms with van der Waals surface area (Å²) in [5.74, 6) is -1.76. The Kier molecular flexibility index (Phi) is 13.0. The molecule has 160 valence electrons. The standard InChI is InChI=1S/C9H20O2.2C7H6O2/c1-4-6-7-9(11,5-2)8(3)10;2*8-7(9)6-4-2-1-3-5-6/h8,10-11H,4-7H2,1-3H3;2*1-5H,(H,8,9). The molecule has 6 nitrogen and oxygen atoms in total. The first-order valence-corrected chi connectivity index (χ1v) is 9.65. The highest BCUT2D eigenvalue weighted by Gasteiger charge is 2.29. The number of carbonyl (C=O) groups is 2. The van der Waals surface area contributed by atoms with E-state index in [1.807, 2.05) is 6.92 Å². The van der Waals surface area contributed by atoms with Gasteiger partial charge in [-0.15, -0.1) is 0 Å². The summed E-state index contributed by atoms with van der Waals surface area (Å²) in [6, 6.07) is 16.6. The Morgan fingerprint density at radius 2 is 1.24 bits per heavy atom. The molecule has 2 aromatic carbocycles. The zero-order chi connectivity index (χ0) is 22.3. The highest BCUT2D eigenvalue weighted by Crippen LogP contribution is 2.22. The van der Waals surface area contributed by atoms with Crippen LogP contribution in [0.2, 0.25) is 0 Å². The molecule has 0 fully saturated rings. The zero-order valence-electron chi connectivity index (χ0n) is 17.3. The molecule has 0 amide bonds. The van der Waals surface area contributed by atoms with E-state index in [1.54, 1.807) is 67.6 Å². The van der Waals surface area contributed by atoms with E-state index < -0.39 is 23.6 Å². The number of aromatic carboxylic acids is 2. The molecule has 4 N–H and O–H groups in total. The van der Waals surface area contributed by atoms with E-state index in [0.29, 0.717) is 24.0 Å². The number of hydrogen-bond donors (Lipinski definition) is 4. The van der Waals surface area contributed by atoms with Crippen molar-refractivity contribution in [2.24, 2.45) is 0 Å². The molecule has 29 heavy (non-hydrogen) atoms. The first-order chi connectivity index (χ1) is 13.7. The minimum atomic E-state index is -0.879. The lowest BCUT2D eigenvalue weighted by atomic mass is 9.89. The fourth-order valence-electron chi connectivity index (χ4n) is 2.33. The van der Waals surface area contributed by atoms with Gasteiger partial charge in [0.2, 0.25) is 0 Å². The monoisotopic (exact) mass is 404 g/mol. The van der Waals surface area contributed by atoms with E-state index >= 15 is 0 Å². The summed E-state index contributed by atoms with van der Waals surface area (Å²) in [6.07, 6.45) is 2.77. The van der Waals surface area contributed by atoms with Crippen molar-refractivity contribution in [1.82, 2.24) is 0 Å². The molecule has 0 saturated carbocycles. The first kappa shape index (κ1) is 26.3. The van der Waals surface area contributed by atoms with Gasteiger partial charge in [0.1, 0.15) is 0 Å². The van der Waals surface area contributed by atoms with Crippen molar-refractivity contribution in [2.45, 2.75) is 58.2 Å². The van der Waals surface area contributed by atoms with Crippen LogP contribution in [0.3, 0.4) is 0 Å². The first-order valence-electron chi connectivity index (χ1n) is 9.65. The topological polar surface area (TPSA) is 115 Å². The Hall–Kier alpha value is -2.70. The number of hydrogen-bond acceptors (Lipinski definition) is 4. The molecule has 0 spiro atoms. The predicted octanol–water partition coefficient (Wildman–Crippen LogP) is 4.47. The van der Waals surface area contributed by atoms with Crippen LogP contribution in [0.25, 0.3) is 0 Å². The molecule has 2 unspecified atom stereocenters. The summed E-state index contributed by atoms with van der Waals surface area (Å²) < 4.78 is 0. The molecule has 0 saturated heterocycles. The minimum Gasteiger partial charge on any atom is -0.478 e. The number of unbranched alkanes of at least 4 members (excludes halogenated alkanes) is 1. The normalized spacial score (nSPS) is 12.9. The second kappa shape index (κ2) is 14.3. The summed E-state index contributed by atoms with van der Waals surface area (Å²) in [5, 5.41) is 35.8. The lowest BCUT2D eigenvalue weighted by Gasteiger charge is -2.29. The zero-order valence-corrected chi connectivity index (χ0v) is 17.3. The van der Waals surface area contributed by atoms with Gasteiger partial charge in [0.15, 0.2) is 0 Å². The Labute approximate surface area is 172 Å². The number of aliphatic hydroxyl groups is 2. The Morgan fingerprint density at radius 1 is 0.862 bits per heavy atom. The molecular weight excluding hydrogens is 372 g/mol. The lowest BCUT2D eigenvalue weighted by molar-refractivity contribution is -0.0750. The number of aliphatic hydroxyl groups excluding tert-OH is 1. The van der Waals surface area contributed by atoms with Crippen molar-refractivity contribution < 1.29 is 30.0 Å². The van der Waals surface area contributed by atoms with Gasteiger partial charge in [-0.2, -0.15) is 0 Å². The smallest absolute Gasteiger partial charge is 0.335 e. The SMILES string of the molecule is CCCCC(O)(CC)C(C)O.O=C(O)c1ccccc1.O=C(O)c1ccccc1. The van der Waals surface area contributed by atoms with Crippen molar-refractivity contribution in [3.8, 4) is 0 Å². The van der Waals surface area contributed by atoms with Crippen LogP contribution >= 0.6 is 0 Å². The number of rotatable bonds is 7. The van der Waals surface area contributed by atoms with Gasteiger partial charge in [0.25, 0.3) is 0 Å². The van der Waals surface area contributed by atoms with Crippen molar-refractivity contribution in [1.29, 1.82) is 0 Å². The van der Waals surface area contributed by atoms with Crippen LogP contribution in [0.5, 0.6) is 0 Å². The minimum absolute atomic E-state index is 0.331. The second-order valence-electron chi connectivity index (χ2n) is 6.58. The Morgan fingerprint density at radius 3 is 1.45 bits per heavy atom. The Balaban J connectivity index is 0.000000408. The van der Waals surface area contributed by atoms with Crippen LogP contribution in [0.1, 0.15) is 67.2 Å². The van der Waals surface area contributed by atoms with Crippen molar-refractivity contribution in [3.05, 3.63) is 71.8 Å². The van der Waals surface area contributed by atoms with Gasteiger partial charge in [-0.05, 0) is 44.0 Å². The highest BCUT2D eigenvalue weighted by molar-refractivity contribution is 5.87. The maximum Gasteiger partial charge on any atom is 0.335 e. The number of carboxylic acids is 2. The van der Waals surface area contributed by atoms with Gasteiger partial charge in [-0.3, -0.25) is 0 Å². The molecule has 0 aliphatic rings. The predicted molar refractivity (Wildman–Crippen MR) is 113 cm³/mol. The molecule has 0 heterocycles. The summed E-state index contributed by atoms with van der Waals surface area (Å²) in [7, 11) is 0. The molecule has 0 radical (unpaired) electrons. The molecule has 2 aromatic rings. The fraction of sp³-hybridized carbons (Fsp3) is 0.391. The van der Waals surface area contributed by atoms with E-state index in [-0.39, 0.29) is 0 Å². The Bertz CT molecular complexity index is 650. The van der Waals surface area contributed by atoms with Crippen molar-refractivity contribution in [3.63, 3.8) is 0 Å². The summed E-state index contributed by atoms with van der Waals surface area (Å²) >= 11 is 0. The van der Waals surface area contributed by atoms with Gasteiger partial charge < -0.3 is 20.4 Å². The molecule has 0 bridgehead atoms. The maximum absolute atomic E-state index is 10.2.